The molecule has 144 valence electrons. The third-order valence-electron chi connectivity index (χ3n) is 5.37. The Bertz CT molecular complexity index is 979. The fourth-order valence-electron chi connectivity index (χ4n) is 3.59. The molecule has 0 unspecified atom stereocenters. The summed E-state index contributed by atoms with van der Waals surface area (Å²) in [5.74, 6) is -0.0331. The van der Waals surface area contributed by atoms with E-state index in [1.165, 1.54) is 4.31 Å². The molecule has 1 amide bonds. The van der Waals surface area contributed by atoms with Crippen LogP contribution in [0.25, 0.3) is 0 Å². The van der Waals surface area contributed by atoms with Crippen molar-refractivity contribution < 1.29 is 13.2 Å². The molecule has 2 aromatic rings. The maximum atomic E-state index is 13.1. The van der Waals surface area contributed by atoms with Gasteiger partial charge in [0.15, 0.2) is 0 Å². The highest BCUT2D eigenvalue weighted by Crippen LogP contribution is 2.32. The van der Waals surface area contributed by atoms with Gasteiger partial charge in [0, 0.05) is 30.9 Å². The van der Waals surface area contributed by atoms with Crippen LogP contribution in [0.1, 0.15) is 40.9 Å². The van der Waals surface area contributed by atoms with Crippen LogP contribution in [-0.2, 0) is 16.4 Å². The highest BCUT2D eigenvalue weighted by Gasteiger charge is 2.29. The molecular formula is C21H26N2O3S. The summed E-state index contributed by atoms with van der Waals surface area (Å²) in [6, 6.07) is 10.8. The van der Waals surface area contributed by atoms with Crippen LogP contribution in [-0.4, -0.2) is 38.3 Å². The number of anilines is 1. The van der Waals surface area contributed by atoms with Crippen molar-refractivity contribution in [3.63, 3.8) is 0 Å². The molecule has 3 rings (SSSR count). The summed E-state index contributed by atoms with van der Waals surface area (Å²) in [6.45, 7) is 9.06. The third-order valence-corrected chi connectivity index (χ3v) is 7.42. The molecule has 0 radical (unpaired) electrons. The van der Waals surface area contributed by atoms with Gasteiger partial charge in [0.25, 0.3) is 5.91 Å². The summed E-state index contributed by atoms with van der Waals surface area (Å²) < 4.78 is 27.0. The van der Waals surface area contributed by atoms with Gasteiger partial charge in [-0.05, 0) is 61.2 Å². The predicted octanol–water partition coefficient (Wildman–Crippen LogP) is 3.54. The van der Waals surface area contributed by atoms with Crippen LogP contribution in [0.5, 0.6) is 0 Å². The van der Waals surface area contributed by atoms with E-state index in [9.17, 15) is 13.2 Å². The largest absolute Gasteiger partial charge is 0.308 e. The first kappa shape index (κ1) is 19.6. The van der Waals surface area contributed by atoms with E-state index < -0.39 is 10.0 Å². The van der Waals surface area contributed by atoms with Crippen molar-refractivity contribution >= 4 is 21.6 Å². The second-order valence-electron chi connectivity index (χ2n) is 6.83. The molecule has 0 saturated heterocycles. The molecule has 0 atom stereocenters. The molecule has 0 aromatic heterocycles. The lowest BCUT2D eigenvalue weighted by atomic mass is 10.0. The van der Waals surface area contributed by atoms with E-state index in [0.29, 0.717) is 36.5 Å². The van der Waals surface area contributed by atoms with Gasteiger partial charge in [0.05, 0.1) is 4.90 Å². The molecule has 1 aliphatic rings. The van der Waals surface area contributed by atoms with Crippen molar-refractivity contribution in [1.82, 2.24) is 4.31 Å². The van der Waals surface area contributed by atoms with Crippen molar-refractivity contribution in [3.8, 4) is 0 Å². The quantitative estimate of drug-likeness (QED) is 0.790. The van der Waals surface area contributed by atoms with Crippen LogP contribution in [0.2, 0.25) is 0 Å². The molecule has 0 fully saturated rings. The Hall–Kier alpha value is -2.18. The second-order valence-corrected chi connectivity index (χ2v) is 8.77. The standard InChI is InChI=1S/C21H26N2O3S/c1-5-22(6-2)27(25,26)18-10-11-20-17(14-18)12-13-23(20)21(24)19-9-7-8-15(3)16(19)4/h7-11,14H,5-6,12-13H2,1-4H3. The van der Waals surface area contributed by atoms with Gasteiger partial charge >= 0.3 is 0 Å². The average Bonchev–Trinajstić information content (AvgIpc) is 3.07. The molecule has 6 heteroatoms. The minimum absolute atomic E-state index is 0.0331. The first-order valence-electron chi connectivity index (χ1n) is 9.32. The Morgan fingerprint density at radius 3 is 2.48 bits per heavy atom. The number of carbonyl (C=O) groups is 1. The average molecular weight is 387 g/mol. The lowest BCUT2D eigenvalue weighted by Crippen LogP contribution is -2.31. The Labute approximate surface area is 161 Å². The molecule has 0 spiro atoms. The number of nitrogens with zero attached hydrogens (tertiary/aromatic N) is 2. The predicted molar refractivity (Wildman–Crippen MR) is 108 cm³/mol. The number of hydrogen-bond donors (Lipinski definition) is 0. The molecule has 0 bridgehead atoms. The van der Waals surface area contributed by atoms with Crippen LogP contribution < -0.4 is 4.90 Å². The van der Waals surface area contributed by atoms with Crippen molar-refractivity contribution in [2.45, 2.75) is 39.0 Å². The summed E-state index contributed by atoms with van der Waals surface area (Å²) in [6.07, 6.45) is 0.660. The second kappa shape index (κ2) is 7.44. The van der Waals surface area contributed by atoms with Crippen LogP contribution in [0.3, 0.4) is 0 Å². The van der Waals surface area contributed by atoms with E-state index in [1.54, 1.807) is 23.1 Å². The fraction of sp³-hybridized carbons (Fsp3) is 0.381. The number of hydrogen-bond acceptors (Lipinski definition) is 3. The topological polar surface area (TPSA) is 57.7 Å². The number of rotatable bonds is 5. The summed E-state index contributed by atoms with van der Waals surface area (Å²) in [5, 5.41) is 0. The van der Waals surface area contributed by atoms with E-state index in [0.717, 1.165) is 22.4 Å². The zero-order valence-electron chi connectivity index (χ0n) is 16.3. The van der Waals surface area contributed by atoms with Crippen molar-refractivity contribution in [1.29, 1.82) is 0 Å². The summed E-state index contributed by atoms with van der Waals surface area (Å²) in [7, 11) is -3.50. The number of fused-ring (bicyclic) bond motifs is 1. The summed E-state index contributed by atoms with van der Waals surface area (Å²) in [4.78, 5) is 15.1. The molecule has 0 saturated carbocycles. The zero-order valence-corrected chi connectivity index (χ0v) is 17.1. The summed E-state index contributed by atoms with van der Waals surface area (Å²) in [5.41, 5.74) is 4.47. The van der Waals surface area contributed by atoms with Gasteiger partial charge in [-0.25, -0.2) is 8.42 Å². The maximum Gasteiger partial charge on any atom is 0.258 e. The van der Waals surface area contributed by atoms with E-state index in [2.05, 4.69) is 0 Å². The minimum atomic E-state index is -3.50. The minimum Gasteiger partial charge on any atom is -0.308 e. The van der Waals surface area contributed by atoms with Crippen LogP contribution >= 0.6 is 0 Å². The highest BCUT2D eigenvalue weighted by atomic mass is 32.2. The zero-order chi connectivity index (χ0) is 19.8. The van der Waals surface area contributed by atoms with Gasteiger partial charge in [-0.2, -0.15) is 4.31 Å². The molecule has 0 N–H and O–H groups in total. The molecule has 1 aliphatic heterocycles. The lowest BCUT2D eigenvalue weighted by Gasteiger charge is -2.21. The lowest BCUT2D eigenvalue weighted by molar-refractivity contribution is 0.0988. The molecule has 2 aromatic carbocycles. The Morgan fingerprint density at radius 2 is 1.81 bits per heavy atom. The Morgan fingerprint density at radius 1 is 1.11 bits per heavy atom. The van der Waals surface area contributed by atoms with E-state index in [1.807, 2.05) is 45.9 Å². The van der Waals surface area contributed by atoms with E-state index >= 15 is 0 Å². The molecule has 0 aliphatic carbocycles. The first-order valence-corrected chi connectivity index (χ1v) is 10.8. The Kier molecular flexibility index (Phi) is 5.40. The van der Waals surface area contributed by atoms with Crippen LogP contribution in [0.15, 0.2) is 41.3 Å². The number of aryl methyl sites for hydroxylation is 1. The number of benzene rings is 2. The van der Waals surface area contributed by atoms with Crippen LogP contribution in [0.4, 0.5) is 5.69 Å². The number of amides is 1. The normalized spacial score (nSPS) is 13.9. The van der Waals surface area contributed by atoms with Gasteiger partial charge in [-0.15, -0.1) is 0 Å². The maximum absolute atomic E-state index is 13.1. The number of sulfonamides is 1. The number of carbonyl (C=O) groups excluding carboxylic acids is 1. The van der Waals surface area contributed by atoms with Gasteiger partial charge < -0.3 is 4.90 Å². The molecule has 1 heterocycles. The van der Waals surface area contributed by atoms with Gasteiger partial charge in [-0.3, -0.25) is 4.79 Å². The summed E-state index contributed by atoms with van der Waals surface area (Å²) >= 11 is 0. The molecule has 27 heavy (non-hydrogen) atoms. The van der Waals surface area contributed by atoms with Crippen molar-refractivity contribution in [2.75, 3.05) is 24.5 Å². The first-order chi connectivity index (χ1) is 12.8. The SMILES string of the molecule is CCN(CC)S(=O)(=O)c1ccc2c(c1)CCN2C(=O)c1cccc(C)c1C. The monoisotopic (exact) mass is 386 g/mol. The third kappa shape index (κ3) is 3.39. The van der Waals surface area contributed by atoms with Gasteiger partial charge in [0.2, 0.25) is 10.0 Å². The van der Waals surface area contributed by atoms with Crippen molar-refractivity contribution in [3.05, 3.63) is 58.7 Å². The van der Waals surface area contributed by atoms with E-state index in [-0.39, 0.29) is 5.91 Å². The highest BCUT2D eigenvalue weighted by molar-refractivity contribution is 7.89. The molecule has 5 nitrogen and oxygen atoms in total. The molecular weight excluding hydrogens is 360 g/mol. The fourth-order valence-corrected chi connectivity index (χ4v) is 5.10. The van der Waals surface area contributed by atoms with Gasteiger partial charge in [0.1, 0.15) is 0 Å². The van der Waals surface area contributed by atoms with Crippen molar-refractivity contribution in [2.24, 2.45) is 0 Å². The van der Waals surface area contributed by atoms with Crippen LogP contribution in [0, 0.1) is 13.8 Å². The smallest absolute Gasteiger partial charge is 0.258 e. The Balaban J connectivity index is 1.95. The van der Waals surface area contributed by atoms with Gasteiger partial charge in [-0.1, -0.05) is 26.0 Å². The van der Waals surface area contributed by atoms with E-state index in [4.69, 9.17) is 0 Å².